The summed E-state index contributed by atoms with van der Waals surface area (Å²) in [6.45, 7) is 2.59. The second kappa shape index (κ2) is 6.45. The smallest absolute Gasteiger partial charge is 0.262 e. The van der Waals surface area contributed by atoms with Crippen molar-refractivity contribution in [1.29, 1.82) is 0 Å². The van der Waals surface area contributed by atoms with Crippen molar-refractivity contribution in [2.24, 2.45) is 12.5 Å². The van der Waals surface area contributed by atoms with Gasteiger partial charge in [-0.1, -0.05) is 0 Å². The number of carbonyl (C=O) groups excluding carboxylic acids is 1. The van der Waals surface area contributed by atoms with Gasteiger partial charge >= 0.3 is 0 Å². The van der Waals surface area contributed by atoms with Gasteiger partial charge in [0.1, 0.15) is 0 Å². The van der Waals surface area contributed by atoms with E-state index in [1.165, 1.54) is 16.8 Å². The molecule has 2 saturated heterocycles. The van der Waals surface area contributed by atoms with Gasteiger partial charge in [-0.15, -0.1) is 0 Å². The van der Waals surface area contributed by atoms with Crippen molar-refractivity contribution in [2.75, 3.05) is 39.9 Å². The third-order valence-corrected chi connectivity index (χ3v) is 6.92. The highest BCUT2D eigenvalue weighted by molar-refractivity contribution is 7.89. The third-order valence-electron chi connectivity index (χ3n) is 5.13. The number of nitrogens with zero attached hydrogens (tertiary/aromatic N) is 4. The fourth-order valence-corrected chi connectivity index (χ4v) is 4.99. The Morgan fingerprint density at radius 2 is 1.92 bits per heavy atom. The molecule has 1 spiro atoms. The van der Waals surface area contributed by atoms with E-state index >= 15 is 0 Å². The predicted molar refractivity (Wildman–Crippen MR) is 86.7 cm³/mol. The summed E-state index contributed by atoms with van der Waals surface area (Å²) in [6.07, 6.45) is 4.93. The third kappa shape index (κ3) is 2.96. The summed E-state index contributed by atoms with van der Waals surface area (Å²) < 4.78 is 33.4. The number of imidazole rings is 1. The highest BCUT2D eigenvalue weighted by Crippen LogP contribution is 2.42. The van der Waals surface area contributed by atoms with Crippen LogP contribution in [0.2, 0.25) is 0 Å². The number of likely N-dealkylation sites (tertiary alicyclic amines) is 1. The first-order chi connectivity index (χ1) is 11.4. The number of amides is 1. The molecular weight excluding hydrogens is 332 g/mol. The lowest BCUT2D eigenvalue weighted by Crippen LogP contribution is -2.46. The zero-order valence-electron chi connectivity index (χ0n) is 14.1. The molecule has 3 heterocycles. The van der Waals surface area contributed by atoms with Gasteiger partial charge < -0.3 is 14.2 Å². The van der Waals surface area contributed by atoms with E-state index in [0.29, 0.717) is 39.1 Å². The number of carbonyl (C=O) groups is 1. The Hall–Kier alpha value is -1.45. The number of piperidine rings is 1. The van der Waals surface area contributed by atoms with E-state index in [-0.39, 0.29) is 10.9 Å². The van der Waals surface area contributed by atoms with Crippen molar-refractivity contribution in [1.82, 2.24) is 18.8 Å². The van der Waals surface area contributed by atoms with E-state index in [1.807, 2.05) is 4.90 Å². The normalized spacial score (nSPS) is 21.8. The number of hydrogen-bond donors (Lipinski definition) is 0. The Morgan fingerprint density at radius 3 is 2.50 bits per heavy atom. The molecule has 0 bridgehead atoms. The van der Waals surface area contributed by atoms with Crippen LogP contribution in [0.5, 0.6) is 0 Å². The molecule has 2 aliphatic heterocycles. The van der Waals surface area contributed by atoms with Crippen LogP contribution in [0.15, 0.2) is 17.6 Å². The maximum atomic E-state index is 12.7. The molecule has 0 atom stereocenters. The largest absolute Gasteiger partial charge is 0.383 e. The second-order valence-electron chi connectivity index (χ2n) is 6.60. The fourth-order valence-electron chi connectivity index (χ4n) is 3.58. The van der Waals surface area contributed by atoms with Crippen molar-refractivity contribution in [3.05, 3.63) is 12.5 Å². The van der Waals surface area contributed by atoms with Crippen LogP contribution in [0, 0.1) is 5.41 Å². The summed E-state index contributed by atoms with van der Waals surface area (Å²) in [7, 11) is -0.215. The summed E-state index contributed by atoms with van der Waals surface area (Å²) >= 11 is 0. The first-order valence-corrected chi connectivity index (χ1v) is 9.59. The molecule has 8 nitrogen and oxygen atoms in total. The molecule has 1 amide bonds. The molecule has 3 rings (SSSR count). The molecule has 24 heavy (non-hydrogen) atoms. The van der Waals surface area contributed by atoms with E-state index in [9.17, 15) is 13.2 Å². The minimum absolute atomic E-state index is 0.0698. The van der Waals surface area contributed by atoms with Gasteiger partial charge in [0.05, 0.1) is 18.3 Å². The lowest BCUT2D eigenvalue weighted by molar-refractivity contribution is -0.138. The molecule has 1 aromatic rings. The molecule has 2 aliphatic rings. The van der Waals surface area contributed by atoms with E-state index in [0.717, 1.165) is 13.0 Å². The molecule has 1 aromatic heterocycles. The van der Waals surface area contributed by atoms with Crippen LogP contribution in [0.1, 0.15) is 19.3 Å². The Morgan fingerprint density at radius 1 is 1.25 bits per heavy atom. The summed E-state index contributed by atoms with van der Waals surface area (Å²) in [6, 6.07) is 0. The van der Waals surface area contributed by atoms with Crippen molar-refractivity contribution >= 4 is 15.9 Å². The predicted octanol–water partition coefficient (Wildman–Crippen LogP) is 0.0697. The van der Waals surface area contributed by atoms with E-state index in [2.05, 4.69) is 4.98 Å². The van der Waals surface area contributed by atoms with Gasteiger partial charge in [0.25, 0.3) is 10.0 Å². The number of rotatable bonds is 5. The van der Waals surface area contributed by atoms with E-state index in [4.69, 9.17) is 4.74 Å². The number of methoxy groups -OCH3 is 1. The van der Waals surface area contributed by atoms with Gasteiger partial charge in [-0.25, -0.2) is 13.4 Å². The maximum Gasteiger partial charge on any atom is 0.262 e. The van der Waals surface area contributed by atoms with Crippen LogP contribution in [0.25, 0.3) is 0 Å². The van der Waals surface area contributed by atoms with Crippen LogP contribution < -0.4 is 0 Å². The standard InChI is InChI=1S/C15H24N4O4S/c1-17-11-13(16-12-17)24(21,22)19-7-4-15(5-8-19)3-6-18(14(15)20)9-10-23-2/h11-12H,3-10H2,1-2H3. The number of aryl methyl sites for hydroxylation is 1. The molecule has 134 valence electrons. The van der Waals surface area contributed by atoms with Crippen molar-refractivity contribution in [3.63, 3.8) is 0 Å². The monoisotopic (exact) mass is 356 g/mol. The average Bonchev–Trinajstić information content (AvgIpc) is 3.13. The molecule has 0 N–H and O–H groups in total. The summed E-state index contributed by atoms with van der Waals surface area (Å²) in [5.74, 6) is 0.148. The maximum absolute atomic E-state index is 12.7. The Bertz CT molecular complexity index is 707. The highest BCUT2D eigenvalue weighted by atomic mass is 32.2. The summed E-state index contributed by atoms with van der Waals surface area (Å²) in [5.41, 5.74) is -0.399. The number of ether oxygens (including phenoxy) is 1. The zero-order valence-corrected chi connectivity index (χ0v) is 15.0. The minimum atomic E-state index is -3.58. The van der Waals surface area contributed by atoms with Crippen molar-refractivity contribution in [3.8, 4) is 0 Å². The van der Waals surface area contributed by atoms with Gasteiger partial charge in [0.2, 0.25) is 5.91 Å². The molecule has 0 unspecified atom stereocenters. The Balaban J connectivity index is 1.67. The van der Waals surface area contributed by atoms with Crippen LogP contribution >= 0.6 is 0 Å². The molecular formula is C15H24N4O4S. The number of hydrogen-bond acceptors (Lipinski definition) is 5. The van der Waals surface area contributed by atoms with E-state index in [1.54, 1.807) is 18.7 Å². The SMILES string of the molecule is COCCN1CCC2(CCN(S(=O)(=O)c3cn(C)cn3)CC2)C1=O. The minimum Gasteiger partial charge on any atom is -0.383 e. The number of aromatic nitrogens is 2. The second-order valence-corrected chi connectivity index (χ2v) is 8.48. The fraction of sp³-hybridized carbons (Fsp3) is 0.733. The summed E-state index contributed by atoms with van der Waals surface area (Å²) in [5, 5.41) is 0.0698. The molecule has 9 heteroatoms. The van der Waals surface area contributed by atoms with Gasteiger partial charge in [-0.05, 0) is 19.3 Å². The highest BCUT2D eigenvalue weighted by Gasteiger charge is 2.49. The van der Waals surface area contributed by atoms with Crippen LogP contribution in [0.3, 0.4) is 0 Å². The van der Waals surface area contributed by atoms with E-state index < -0.39 is 15.4 Å². The summed E-state index contributed by atoms with van der Waals surface area (Å²) in [4.78, 5) is 18.5. The Kier molecular flexibility index (Phi) is 4.67. The molecule has 0 aliphatic carbocycles. The van der Waals surface area contributed by atoms with Gasteiger partial charge in [-0.3, -0.25) is 4.79 Å². The topological polar surface area (TPSA) is 84.7 Å². The molecule has 0 radical (unpaired) electrons. The van der Waals surface area contributed by atoms with Gasteiger partial charge in [-0.2, -0.15) is 4.31 Å². The van der Waals surface area contributed by atoms with Gasteiger partial charge in [0, 0.05) is 46.5 Å². The number of sulfonamides is 1. The quantitative estimate of drug-likeness (QED) is 0.745. The zero-order chi connectivity index (χ0) is 17.4. The van der Waals surface area contributed by atoms with Crippen LogP contribution in [-0.4, -0.2) is 73.0 Å². The molecule has 0 aromatic carbocycles. The van der Waals surface area contributed by atoms with Gasteiger partial charge in [0.15, 0.2) is 5.03 Å². The lowest BCUT2D eigenvalue weighted by Gasteiger charge is -2.36. The lowest BCUT2D eigenvalue weighted by atomic mass is 9.77. The first kappa shape index (κ1) is 17.4. The molecule has 2 fully saturated rings. The average molecular weight is 356 g/mol. The van der Waals surface area contributed by atoms with Crippen molar-refractivity contribution in [2.45, 2.75) is 24.3 Å². The van der Waals surface area contributed by atoms with Crippen molar-refractivity contribution < 1.29 is 17.9 Å². The first-order valence-electron chi connectivity index (χ1n) is 8.15. The van der Waals surface area contributed by atoms with Crippen LogP contribution in [0.4, 0.5) is 0 Å². The molecule has 0 saturated carbocycles. The Labute approximate surface area is 142 Å². The van der Waals surface area contributed by atoms with Crippen LogP contribution in [-0.2, 0) is 26.6 Å².